The van der Waals surface area contributed by atoms with Crippen LogP contribution >= 0.6 is 0 Å². The first kappa shape index (κ1) is 13.1. The van der Waals surface area contributed by atoms with Crippen molar-refractivity contribution in [3.63, 3.8) is 0 Å². The predicted octanol–water partition coefficient (Wildman–Crippen LogP) is 2.00. The fourth-order valence-corrected chi connectivity index (χ4v) is 1.44. The number of piperidine rings is 1. The molecular weight excluding hydrogens is 225 g/mol. The molecule has 1 heterocycles. The summed E-state index contributed by atoms with van der Waals surface area (Å²) < 4.78 is 42.0. The van der Waals surface area contributed by atoms with Crippen LogP contribution in [0.25, 0.3) is 10.4 Å². The molecule has 1 saturated heterocycles. The minimum Gasteiger partial charge on any atom is -0.377 e. The van der Waals surface area contributed by atoms with Crippen LogP contribution in [0.4, 0.5) is 13.2 Å². The van der Waals surface area contributed by atoms with E-state index in [1.54, 1.807) is 0 Å². The quantitative estimate of drug-likeness (QED) is 0.462. The van der Waals surface area contributed by atoms with E-state index in [2.05, 4.69) is 15.3 Å². The minimum atomic E-state index is -4.54. The molecule has 1 unspecified atom stereocenters. The Morgan fingerprint density at radius 1 is 1.44 bits per heavy atom. The fraction of sp³-hybridized carbons (Fsp3) is 1.00. The fourth-order valence-electron chi connectivity index (χ4n) is 1.44. The van der Waals surface area contributed by atoms with Crippen molar-refractivity contribution in [1.82, 2.24) is 5.32 Å². The normalized spacial score (nSPS) is 20.2. The molecule has 8 heteroatoms. The van der Waals surface area contributed by atoms with Crippen LogP contribution in [0.3, 0.4) is 0 Å². The average Bonchev–Trinajstić information content (AvgIpc) is 2.24. The van der Waals surface area contributed by atoms with Crippen molar-refractivity contribution in [2.24, 2.45) is 5.11 Å². The Kier molecular flexibility index (Phi) is 4.85. The van der Waals surface area contributed by atoms with E-state index in [0.717, 1.165) is 13.1 Å². The maximum Gasteiger partial charge on any atom is 0.399 e. The van der Waals surface area contributed by atoms with Crippen LogP contribution in [0.5, 0.6) is 0 Å². The molecule has 16 heavy (non-hydrogen) atoms. The van der Waals surface area contributed by atoms with Crippen molar-refractivity contribution in [1.29, 1.82) is 0 Å². The highest BCUT2D eigenvalue weighted by molar-refractivity contribution is 4.77. The van der Waals surface area contributed by atoms with Crippen molar-refractivity contribution in [2.45, 2.75) is 31.2 Å². The van der Waals surface area contributed by atoms with E-state index < -0.39 is 18.8 Å². The van der Waals surface area contributed by atoms with Crippen LogP contribution in [0, 0.1) is 0 Å². The van der Waals surface area contributed by atoms with E-state index >= 15 is 0 Å². The number of alkyl halides is 3. The van der Waals surface area contributed by atoms with Crippen molar-refractivity contribution in [3.05, 3.63) is 10.4 Å². The predicted molar refractivity (Wildman–Crippen MR) is 50.8 cm³/mol. The molecule has 0 bridgehead atoms. The summed E-state index contributed by atoms with van der Waals surface area (Å²) in [7, 11) is 0. The van der Waals surface area contributed by atoms with Crippen LogP contribution in [0.15, 0.2) is 5.11 Å². The van der Waals surface area contributed by atoms with Gasteiger partial charge in [-0.15, -0.1) is 0 Å². The van der Waals surface area contributed by atoms with Crippen molar-refractivity contribution < 1.29 is 17.9 Å². The van der Waals surface area contributed by atoms with Gasteiger partial charge in [0.15, 0.2) is 6.04 Å². The highest BCUT2D eigenvalue weighted by Crippen LogP contribution is 2.24. The van der Waals surface area contributed by atoms with Crippen LogP contribution < -0.4 is 5.32 Å². The smallest absolute Gasteiger partial charge is 0.377 e. The summed E-state index contributed by atoms with van der Waals surface area (Å²) >= 11 is 0. The van der Waals surface area contributed by atoms with E-state index in [4.69, 9.17) is 10.3 Å². The summed E-state index contributed by atoms with van der Waals surface area (Å²) in [5.74, 6) is 0. The number of hydrogen-bond acceptors (Lipinski definition) is 3. The van der Waals surface area contributed by atoms with E-state index in [0.29, 0.717) is 12.8 Å². The second kappa shape index (κ2) is 5.93. The molecule has 92 valence electrons. The number of rotatable bonds is 4. The average molecular weight is 238 g/mol. The van der Waals surface area contributed by atoms with Gasteiger partial charge in [0, 0.05) is 4.91 Å². The van der Waals surface area contributed by atoms with Gasteiger partial charge >= 0.3 is 6.18 Å². The molecule has 0 amide bonds. The number of halogens is 3. The topological polar surface area (TPSA) is 70.0 Å². The Balaban J connectivity index is 2.40. The van der Waals surface area contributed by atoms with E-state index in [1.165, 1.54) is 0 Å². The van der Waals surface area contributed by atoms with Crippen molar-refractivity contribution in [3.8, 4) is 0 Å². The third-order valence-electron chi connectivity index (χ3n) is 2.34. The van der Waals surface area contributed by atoms with Gasteiger partial charge in [0.05, 0.1) is 12.7 Å². The number of nitrogens with zero attached hydrogens (tertiary/aromatic N) is 3. The third-order valence-corrected chi connectivity index (χ3v) is 2.34. The molecule has 5 nitrogen and oxygen atoms in total. The molecule has 1 aliphatic heterocycles. The lowest BCUT2D eigenvalue weighted by Crippen LogP contribution is -2.37. The molecule has 1 rings (SSSR count). The third kappa shape index (κ3) is 4.26. The van der Waals surface area contributed by atoms with Gasteiger partial charge in [-0.3, -0.25) is 0 Å². The van der Waals surface area contributed by atoms with Gasteiger partial charge in [-0.05, 0) is 31.5 Å². The van der Waals surface area contributed by atoms with Gasteiger partial charge in [-0.25, -0.2) is 0 Å². The van der Waals surface area contributed by atoms with Crippen molar-refractivity contribution in [2.75, 3.05) is 19.7 Å². The Labute approximate surface area is 90.6 Å². The molecular formula is C8H13F3N4O. The molecule has 0 spiro atoms. The first-order chi connectivity index (χ1) is 7.54. The summed E-state index contributed by atoms with van der Waals surface area (Å²) in [6.45, 7) is 0.879. The maximum atomic E-state index is 12.3. The Morgan fingerprint density at radius 2 is 2.06 bits per heavy atom. The highest BCUT2D eigenvalue weighted by Gasteiger charge is 2.39. The first-order valence-corrected chi connectivity index (χ1v) is 4.97. The minimum absolute atomic E-state index is 0.181. The molecule has 0 aromatic heterocycles. The number of azide groups is 1. The van der Waals surface area contributed by atoms with Gasteiger partial charge in [0.25, 0.3) is 0 Å². The van der Waals surface area contributed by atoms with Crippen LogP contribution in [0.2, 0.25) is 0 Å². The summed E-state index contributed by atoms with van der Waals surface area (Å²) in [5, 5.41) is 5.77. The van der Waals surface area contributed by atoms with Crippen LogP contribution in [-0.2, 0) is 4.74 Å². The summed E-state index contributed by atoms with van der Waals surface area (Å²) in [6, 6.07) is -2.09. The zero-order chi connectivity index (χ0) is 12.0. The molecule has 0 radical (unpaired) electrons. The summed E-state index contributed by atoms with van der Waals surface area (Å²) in [6.07, 6.45) is -3.36. The monoisotopic (exact) mass is 238 g/mol. The molecule has 1 fully saturated rings. The van der Waals surface area contributed by atoms with Gasteiger partial charge < -0.3 is 10.1 Å². The lowest BCUT2D eigenvalue weighted by Gasteiger charge is -2.25. The van der Waals surface area contributed by atoms with Crippen molar-refractivity contribution >= 4 is 0 Å². The summed E-state index contributed by atoms with van der Waals surface area (Å²) in [4.78, 5) is 2.18. The zero-order valence-corrected chi connectivity index (χ0v) is 8.57. The second-order valence-corrected chi connectivity index (χ2v) is 3.55. The molecule has 1 aliphatic rings. The largest absolute Gasteiger partial charge is 0.399 e. The number of hydrogen-bond donors (Lipinski definition) is 1. The van der Waals surface area contributed by atoms with E-state index in [-0.39, 0.29) is 6.10 Å². The first-order valence-electron chi connectivity index (χ1n) is 4.97. The summed E-state index contributed by atoms with van der Waals surface area (Å²) in [5.41, 5.74) is 8.03. The lowest BCUT2D eigenvalue weighted by atomic mass is 10.1. The van der Waals surface area contributed by atoms with E-state index in [1.807, 2.05) is 0 Å². The molecule has 0 aliphatic carbocycles. The Hall–Kier alpha value is -0.980. The molecule has 0 saturated carbocycles. The van der Waals surface area contributed by atoms with Gasteiger partial charge in [0.1, 0.15) is 0 Å². The highest BCUT2D eigenvalue weighted by atomic mass is 19.4. The number of nitrogens with one attached hydrogen (secondary N) is 1. The Bertz CT molecular complexity index is 258. The lowest BCUT2D eigenvalue weighted by molar-refractivity contribution is -0.163. The van der Waals surface area contributed by atoms with Gasteiger partial charge in [-0.1, -0.05) is 5.11 Å². The molecule has 0 aromatic rings. The van der Waals surface area contributed by atoms with Gasteiger partial charge in [-0.2, -0.15) is 13.2 Å². The molecule has 1 atom stereocenters. The van der Waals surface area contributed by atoms with Crippen LogP contribution in [0.1, 0.15) is 12.8 Å². The second-order valence-electron chi connectivity index (χ2n) is 3.55. The zero-order valence-electron chi connectivity index (χ0n) is 8.57. The standard InChI is InChI=1S/C8H13F3N4O/c9-8(10,11)7(14-15-12)5-16-6-1-3-13-4-2-6/h6-7,13H,1-5H2. The SMILES string of the molecule is [N-]=[N+]=NC(COC1CCNCC1)C(F)(F)F. The molecule has 0 aromatic carbocycles. The van der Waals surface area contributed by atoms with Crippen LogP contribution in [-0.4, -0.2) is 38.0 Å². The maximum absolute atomic E-state index is 12.3. The molecule has 1 N–H and O–H groups in total. The van der Waals surface area contributed by atoms with E-state index in [9.17, 15) is 13.2 Å². The number of ether oxygens (including phenoxy) is 1. The van der Waals surface area contributed by atoms with Gasteiger partial charge in [0.2, 0.25) is 0 Å². The Morgan fingerprint density at radius 3 is 2.56 bits per heavy atom.